The van der Waals surface area contributed by atoms with Crippen LogP contribution in [-0.2, 0) is 16.6 Å². The Morgan fingerprint density at radius 2 is 2.22 bits per heavy atom. The Morgan fingerprint density at radius 3 is 2.96 bits per heavy atom. The van der Waals surface area contributed by atoms with Crippen molar-refractivity contribution >= 4 is 5.91 Å². The molecule has 5 heteroatoms. The topological polar surface area (TPSA) is 53.6 Å². The zero-order chi connectivity index (χ0) is 18.9. The summed E-state index contributed by atoms with van der Waals surface area (Å²) in [6, 6.07) is 7.29. The summed E-state index contributed by atoms with van der Waals surface area (Å²) in [5.41, 5.74) is 3.11. The molecule has 1 heterocycles. The molecule has 5 nitrogen and oxygen atoms in total. The molecule has 0 aromatic heterocycles. The Labute approximate surface area is 162 Å². The Hall–Kier alpha value is -1.59. The fourth-order valence-corrected chi connectivity index (χ4v) is 5.17. The van der Waals surface area contributed by atoms with Crippen LogP contribution in [0.25, 0.3) is 0 Å². The van der Waals surface area contributed by atoms with Crippen LogP contribution in [0.5, 0.6) is 5.75 Å². The van der Waals surface area contributed by atoms with Crippen molar-refractivity contribution in [3.63, 3.8) is 0 Å². The fourth-order valence-electron chi connectivity index (χ4n) is 5.17. The molecule has 1 aromatic carbocycles. The third-order valence-corrected chi connectivity index (χ3v) is 6.82. The van der Waals surface area contributed by atoms with Gasteiger partial charge in [-0.05, 0) is 81.3 Å². The predicted molar refractivity (Wildman–Crippen MR) is 107 cm³/mol. The number of carbonyl (C=O) groups excluding carboxylic acids is 1. The highest BCUT2D eigenvalue weighted by Gasteiger charge is 2.46. The Morgan fingerprint density at radius 1 is 1.37 bits per heavy atom. The molecule has 2 aliphatic carbocycles. The molecule has 2 atom stereocenters. The van der Waals surface area contributed by atoms with Gasteiger partial charge < -0.3 is 15.4 Å². The van der Waals surface area contributed by atoms with Crippen molar-refractivity contribution in [3.05, 3.63) is 29.3 Å². The van der Waals surface area contributed by atoms with Crippen molar-refractivity contribution < 1.29 is 9.53 Å². The number of nitrogens with zero attached hydrogens (tertiary/aromatic N) is 1. The number of likely N-dealkylation sites (tertiary alicyclic amines) is 1. The molecule has 0 radical (unpaired) electrons. The number of likely N-dealkylation sites (N-methyl/N-ethyl adjacent to an activating group) is 1. The lowest BCUT2D eigenvalue weighted by Gasteiger charge is -2.52. The van der Waals surface area contributed by atoms with Gasteiger partial charge in [-0.3, -0.25) is 9.69 Å². The summed E-state index contributed by atoms with van der Waals surface area (Å²) < 4.78 is 5.53. The maximum Gasteiger partial charge on any atom is 0.233 e. The SMILES string of the molecule is CNCC(=O)NCCC12CCN(CC3CC3)C(Cc3ccc(OC)cc31)C2. The number of piperidine rings is 1. The number of nitrogens with one attached hydrogen (secondary N) is 2. The lowest BCUT2D eigenvalue weighted by Crippen LogP contribution is -2.54. The van der Waals surface area contributed by atoms with Gasteiger partial charge in [0.1, 0.15) is 5.75 Å². The van der Waals surface area contributed by atoms with Crippen molar-refractivity contribution in [2.75, 3.05) is 40.3 Å². The number of hydrogen-bond donors (Lipinski definition) is 2. The zero-order valence-corrected chi connectivity index (χ0v) is 16.7. The number of carbonyl (C=O) groups is 1. The van der Waals surface area contributed by atoms with Crippen molar-refractivity contribution in [3.8, 4) is 5.75 Å². The van der Waals surface area contributed by atoms with Gasteiger partial charge in [0.2, 0.25) is 5.91 Å². The average molecular weight is 372 g/mol. The first-order valence-electron chi connectivity index (χ1n) is 10.5. The van der Waals surface area contributed by atoms with Crippen LogP contribution in [0.3, 0.4) is 0 Å². The first kappa shape index (κ1) is 18.8. The van der Waals surface area contributed by atoms with Gasteiger partial charge in [0, 0.05) is 24.5 Å². The van der Waals surface area contributed by atoms with Crippen LogP contribution >= 0.6 is 0 Å². The van der Waals surface area contributed by atoms with Crippen LogP contribution < -0.4 is 15.4 Å². The van der Waals surface area contributed by atoms with E-state index < -0.39 is 0 Å². The minimum Gasteiger partial charge on any atom is -0.497 e. The molecular weight excluding hydrogens is 338 g/mol. The Kier molecular flexibility index (Phi) is 5.42. The van der Waals surface area contributed by atoms with E-state index in [2.05, 4.69) is 33.7 Å². The van der Waals surface area contributed by atoms with E-state index in [1.807, 2.05) is 7.05 Å². The Bertz CT molecular complexity index is 688. The molecule has 2 N–H and O–H groups in total. The first-order valence-corrected chi connectivity index (χ1v) is 10.5. The van der Waals surface area contributed by atoms with Crippen molar-refractivity contribution in [2.45, 2.75) is 50.0 Å². The molecule has 1 saturated heterocycles. The van der Waals surface area contributed by atoms with E-state index in [-0.39, 0.29) is 11.3 Å². The van der Waals surface area contributed by atoms with Crippen LogP contribution in [0.4, 0.5) is 0 Å². The number of hydrogen-bond acceptors (Lipinski definition) is 4. The van der Waals surface area contributed by atoms with Gasteiger partial charge in [0.25, 0.3) is 0 Å². The maximum atomic E-state index is 11.9. The lowest BCUT2D eigenvalue weighted by atomic mass is 9.62. The molecule has 148 valence electrons. The van der Waals surface area contributed by atoms with E-state index in [0.29, 0.717) is 12.6 Å². The summed E-state index contributed by atoms with van der Waals surface area (Å²) in [7, 11) is 3.55. The number of amides is 1. The van der Waals surface area contributed by atoms with Gasteiger partial charge >= 0.3 is 0 Å². The second-order valence-electron chi connectivity index (χ2n) is 8.68. The first-order chi connectivity index (χ1) is 13.1. The normalized spacial score (nSPS) is 27.1. The summed E-state index contributed by atoms with van der Waals surface area (Å²) in [6.07, 6.45) is 7.38. The standard InChI is InChI=1S/C22H33N3O2/c1-23-14-21(26)24-9-7-22-8-10-25(15-16-3-4-16)18(13-22)11-17-5-6-19(27-2)12-20(17)22/h5-6,12,16,18,23H,3-4,7-11,13-15H2,1-2H3,(H,24,26). The highest BCUT2D eigenvalue weighted by atomic mass is 16.5. The average Bonchev–Trinajstić information content (AvgIpc) is 3.48. The summed E-state index contributed by atoms with van der Waals surface area (Å²) in [4.78, 5) is 14.6. The molecule has 1 aliphatic heterocycles. The molecule has 3 aliphatic rings. The smallest absolute Gasteiger partial charge is 0.233 e. The lowest BCUT2D eigenvalue weighted by molar-refractivity contribution is -0.120. The van der Waals surface area contributed by atoms with Crippen LogP contribution in [0.1, 0.15) is 43.2 Å². The van der Waals surface area contributed by atoms with Crippen molar-refractivity contribution in [1.82, 2.24) is 15.5 Å². The molecule has 2 bridgehead atoms. The van der Waals surface area contributed by atoms with Crippen LogP contribution in [-0.4, -0.2) is 57.2 Å². The van der Waals surface area contributed by atoms with Gasteiger partial charge in [-0.2, -0.15) is 0 Å². The molecule has 4 rings (SSSR count). The molecule has 1 amide bonds. The number of ether oxygens (including phenoxy) is 1. The van der Waals surface area contributed by atoms with Crippen LogP contribution in [0.2, 0.25) is 0 Å². The third kappa shape index (κ3) is 3.99. The van der Waals surface area contributed by atoms with Crippen LogP contribution in [0.15, 0.2) is 18.2 Å². The van der Waals surface area contributed by atoms with Gasteiger partial charge in [0.15, 0.2) is 0 Å². The molecule has 27 heavy (non-hydrogen) atoms. The number of rotatable bonds is 8. The van der Waals surface area contributed by atoms with Gasteiger partial charge in [-0.25, -0.2) is 0 Å². The van der Waals surface area contributed by atoms with E-state index in [0.717, 1.165) is 31.1 Å². The summed E-state index contributed by atoms with van der Waals surface area (Å²) in [5.74, 6) is 1.97. The molecular formula is C22H33N3O2. The Balaban J connectivity index is 1.54. The van der Waals surface area contributed by atoms with Gasteiger partial charge in [0.05, 0.1) is 13.7 Å². The van der Waals surface area contributed by atoms with E-state index in [9.17, 15) is 4.79 Å². The van der Waals surface area contributed by atoms with E-state index in [1.54, 1.807) is 7.11 Å². The highest BCUT2D eigenvalue weighted by molar-refractivity contribution is 5.77. The van der Waals surface area contributed by atoms with Crippen molar-refractivity contribution in [1.29, 1.82) is 0 Å². The van der Waals surface area contributed by atoms with E-state index in [4.69, 9.17) is 4.74 Å². The van der Waals surface area contributed by atoms with E-state index >= 15 is 0 Å². The quantitative estimate of drug-likeness (QED) is 0.735. The number of benzene rings is 1. The second kappa shape index (κ2) is 7.80. The van der Waals surface area contributed by atoms with Crippen molar-refractivity contribution in [2.24, 2.45) is 5.92 Å². The van der Waals surface area contributed by atoms with Crippen LogP contribution in [0, 0.1) is 5.92 Å². The number of methoxy groups -OCH3 is 1. The fraction of sp³-hybridized carbons (Fsp3) is 0.682. The third-order valence-electron chi connectivity index (χ3n) is 6.82. The largest absolute Gasteiger partial charge is 0.497 e. The van der Waals surface area contributed by atoms with Gasteiger partial charge in [-0.15, -0.1) is 0 Å². The molecule has 1 aromatic rings. The van der Waals surface area contributed by atoms with Gasteiger partial charge in [-0.1, -0.05) is 6.07 Å². The van der Waals surface area contributed by atoms with E-state index in [1.165, 1.54) is 49.9 Å². The second-order valence-corrected chi connectivity index (χ2v) is 8.68. The highest BCUT2D eigenvalue weighted by Crippen LogP contribution is 2.48. The molecule has 1 saturated carbocycles. The molecule has 2 unspecified atom stereocenters. The molecule has 0 spiro atoms. The minimum atomic E-state index is 0.0818. The monoisotopic (exact) mass is 371 g/mol. The minimum absolute atomic E-state index is 0.0818. The number of fused-ring (bicyclic) bond motifs is 4. The molecule has 2 fully saturated rings. The zero-order valence-electron chi connectivity index (χ0n) is 16.7. The maximum absolute atomic E-state index is 11.9. The summed E-state index contributed by atoms with van der Waals surface area (Å²) in [6.45, 7) is 3.59. The predicted octanol–water partition coefficient (Wildman–Crippen LogP) is 2.09. The summed E-state index contributed by atoms with van der Waals surface area (Å²) >= 11 is 0. The summed E-state index contributed by atoms with van der Waals surface area (Å²) in [5, 5.41) is 6.02.